The van der Waals surface area contributed by atoms with Crippen LogP contribution in [0.1, 0.15) is 16.7 Å². The van der Waals surface area contributed by atoms with E-state index in [1.165, 1.54) is 30.9 Å². The zero-order valence-corrected chi connectivity index (χ0v) is 20.4. The number of urea groups is 1. The molecule has 0 radical (unpaired) electrons. The SMILES string of the molecule is COc1ccc(N2C(=O)NC(=O)C(=Cc3cn(Cc4ccc(C)cc4)c4ccccc34)C2=O)cc1Cl. The third-order valence-electron chi connectivity index (χ3n) is 6.09. The fourth-order valence-electron chi connectivity index (χ4n) is 4.25. The van der Waals surface area contributed by atoms with Crippen molar-refractivity contribution < 1.29 is 19.1 Å². The highest BCUT2D eigenvalue weighted by Crippen LogP contribution is 2.32. The van der Waals surface area contributed by atoms with Crippen LogP contribution in [0.25, 0.3) is 17.0 Å². The van der Waals surface area contributed by atoms with Crippen molar-refractivity contribution in [3.05, 3.63) is 100 Å². The molecule has 180 valence electrons. The minimum absolute atomic E-state index is 0.153. The van der Waals surface area contributed by atoms with Crippen molar-refractivity contribution in [3.8, 4) is 5.75 Å². The van der Waals surface area contributed by atoms with Crippen LogP contribution in [0, 0.1) is 6.92 Å². The summed E-state index contributed by atoms with van der Waals surface area (Å²) in [6.45, 7) is 2.67. The summed E-state index contributed by atoms with van der Waals surface area (Å²) in [7, 11) is 1.47. The molecular formula is C28H22ClN3O4. The van der Waals surface area contributed by atoms with Crippen LogP contribution in [0.15, 0.2) is 78.5 Å². The number of halogens is 1. The minimum atomic E-state index is -0.842. The Kier molecular flexibility index (Phi) is 6.08. The van der Waals surface area contributed by atoms with Crippen molar-refractivity contribution in [3.63, 3.8) is 0 Å². The number of aryl methyl sites for hydroxylation is 1. The van der Waals surface area contributed by atoms with E-state index >= 15 is 0 Å². The zero-order chi connectivity index (χ0) is 25.4. The van der Waals surface area contributed by atoms with Crippen molar-refractivity contribution >= 4 is 52.1 Å². The predicted molar refractivity (Wildman–Crippen MR) is 139 cm³/mol. The first-order chi connectivity index (χ1) is 17.4. The van der Waals surface area contributed by atoms with E-state index in [2.05, 4.69) is 34.1 Å². The predicted octanol–water partition coefficient (Wildman–Crippen LogP) is 5.33. The number of amides is 4. The summed E-state index contributed by atoms with van der Waals surface area (Å²) in [6.07, 6.45) is 3.43. The molecule has 0 bridgehead atoms. The van der Waals surface area contributed by atoms with E-state index in [1.807, 2.05) is 37.4 Å². The minimum Gasteiger partial charge on any atom is -0.495 e. The average Bonchev–Trinajstić information content (AvgIpc) is 3.20. The highest BCUT2D eigenvalue weighted by molar-refractivity contribution is 6.40. The normalized spacial score (nSPS) is 15.0. The van der Waals surface area contributed by atoms with Crippen LogP contribution < -0.4 is 15.0 Å². The Morgan fingerprint density at radius 3 is 2.47 bits per heavy atom. The molecule has 36 heavy (non-hydrogen) atoms. The van der Waals surface area contributed by atoms with E-state index in [0.29, 0.717) is 17.9 Å². The van der Waals surface area contributed by atoms with Crippen molar-refractivity contribution in [1.29, 1.82) is 0 Å². The molecule has 0 saturated carbocycles. The third kappa shape index (κ3) is 4.25. The lowest BCUT2D eigenvalue weighted by Gasteiger charge is -2.26. The molecule has 4 aromatic rings. The van der Waals surface area contributed by atoms with Gasteiger partial charge in [-0.1, -0.05) is 59.6 Å². The molecule has 3 aromatic carbocycles. The number of para-hydroxylation sites is 1. The van der Waals surface area contributed by atoms with Crippen molar-refractivity contribution in [2.45, 2.75) is 13.5 Å². The Balaban J connectivity index is 1.55. The maximum Gasteiger partial charge on any atom is 0.335 e. The summed E-state index contributed by atoms with van der Waals surface area (Å²) in [4.78, 5) is 39.6. The van der Waals surface area contributed by atoms with E-state index in [1.54, 1.807) is 6.07 Å². The van der Waals surface area contributed by atoms with Gasteiger partial charge in [0.15, 0.2) is 0 Å². The summed E-state index contributed by atoms with van der Waals surface area (Å²) in [5.41, 5.74) is 4.03. The summed E-state index contributed by atoms with van der Waals surface area (Å²) < 4.78 is 7.22. The smallest absolute Gasteiger partial charge is 0.335 e. The van der Waals surface area contributed by atoms with Crippen LogP contribution in [0.2, 0.25) is 5.02 Å². The first-order valence-corrected chi connectivity index (χ1v) is 11.6. The Hall–Kier alpha value is -4.36. The van der Waals surface area contributed by atoms with Crippen molar-refractivity contribution in [1.82, 2.24) is 9.88 Å². The van der Waals surface area contributed by atoms with E-state index in [0.717, 1.165) is 21.4 Å². The van der Waals surface area contributed by atoms with Crippen LogP contribution in [0.3, 0.4) is 0 Å². The van der Waals surface area contributed by atoms with Gasteiger partial charge in [-0.15, -0.1) is 0 Å². The number of ether oxygens (including phenoxy) is 1. The number of nitrogens with zero attached hydrogens (tertiary/aromatic N) is 2. The Bertz CT molecular complexity index is 1550. The fourth-order valence-corrected chi connectivity index (χ4v) is 4.50. The van der Waals surface area contributed by atoms with Crippen LogP contribution in [-0.2, 0) is 16.1 Å². The standard InChI is InChI=1S/C28H22ClN3O4/c1-17-7-9-18(10-8-17)15-31-16-19(21-5-3-4-6-24(21)31)13-22-26(33)30-28(35)32(27(22)34)20-11-12-25(36-2)23(29)14-20/h3-14,16H,15H2,1-2H3,(H,30,33,35). The Labute approximate surface area is 212 Å². The number of barbiturate groups is 1. The van der Waals surface area contributed by atoms with Crippen LogP contribution in [0.4, 0.5) is 10.5 Å². The molecule has 1 saturated heterocycles. The van der Waals surface area contributed by atoms with E-state index in [4.69, 9.17) is 16.3 Å². The number of rotatable bonds is 5. The maximum atomic E-state index is 13.4. The lowest BCUT2D eigenvalue weighted by Crippen LogP contribution is -2.54. The molecule has 1 aliphatic heterocycles. The van der Waals surface area contributed by atoms with Crippen LogP contribution >= 0.6 is 11.6 Å². The first-order valence-electron chi connectivity index (χ1n) is 11.2. The second-order valence-electron chi connectivity index (χ2n) is 8.49. The van der Waals surface area contributed by atoms with Gasteiger partial charge in [0.1, 0.15) is 11.3 Å². The summed E-state index contributed by atoms with van der Waals surface area (Å²) in [6, 6.07) is 19.7. The number of carbonyl (C=O) groups excluding carboxylic acids is 3. The molecule has 4 amide bonds. The molecule has 1 aliphatic rings. The molecule has 1 aromatic heterocycles. The van der Waals surface area contributed by atoms with Gasteiger partial charge in [0.05, 0.1) is 17.8 Å². The van der Waals surface area contributed by atoms with Gasteiger partial charge in [-0.25, -0.2) is 9.69 Å². The van der Waals surface area contributed by atoms with Crippen LogP contribution in [-0.4, -0.2) is 29.5 Å². The average molecular weight is 500 g/mol. The van der Waals surface area contributed by atoms with Gasteiger partial charge in [-0.3, -0.25) is 14.9 Å². The molecule has 8 heteroatoms. The molecule has 0 atom stereocenters. The maximum absolute atomic E-state index is 13.4. The second kappa shape index (κ2) is 9.36. The lowest BCUT2D eigenvalue weighted by atomic mass is 10.1. The van der Waals surface area contributed by atoms with E-state index < -0.39 is 17.8 Å². The molecular weight excluding hydrogens is 478 g/mol. The highest BCUT2D eigenvalue weighted by Gasteiger charge is 2.37. The number of anilines is 1. The molecule has 2 heterocycles. The van der Waals surface area contributed by atoms with Crippen molar-refractivity contribution in [2.75, 3.05) is 12.0 Å². The molecule has 0 unspecified atom stereocenters. The van der Waals surface area contributed by atoms with E-state index in [9.17, 15) is 14.4 Å². The lowest BCUT2D eigenvalue weighted by molar-refractivity contribution is -0.122. The third-order valence-corrected chi connectivity index (χ3v) is 6.38. The van der Waals surface area contributed by atoms with Gasteiger partial charge in [0.2, 0.25) is 0 Å². The number of benzene rings is 3. The number of nitrogens with one attached hydrogen (secondary N) is 1. The molecule has 1 fully saturated rings. The number of methoxy groups -OCH3 is 1. The summed E-state index contributed by atoms with van der Waals surface area (Å²) in [5.74, 6) is -1.09. The fraction of sp³-hybridized carbons (Fsp3) is 0.107. The first kappa shape index (κ1) is 23.4. The molecule has 7 nitrogen and oxygen atoms in total. The van der Waals surface area contributed by atoms with E-state index in [-0.39, 0.29) is 16.3 Å². The quantitative estimate of drug-likeness (QED) is 0.297. The highest BCUT2D eigenvalue weighted by atomic mass is 35.5. The largest absolute Gasteiger partial charge is 0.495 e. The number of hydrogen-bond donors (Lipinski definition) is 1. The molecule has 0 spiro atoms. The zero-order valence-electron chi connectivity index (χ0n) is 19.6. The molecule has 1 N–H and O–H groups in total. The van der Waals surface area contributed by atoms with Gasteiger partial charge >= 0.3 is 6.03 Å². The van der Waals surface area contributed by atoms with Crippen LogP contribution in [0.5, 0.6) is 5.75 Å². The van der Waals surface area contributed by atoms with Gasteiger partial charge in [0.25, 0.3) is 11.8 Å². The topological polar surface area (TPSA) is 80.6 Å². The second-order valence-corrected chi connectivity index (χ2v) is 8.90. The number of aromatic nitrogens is 1. The van der Waals surface area contributed by atoms with Gasteiger partial charge in [-0.2, -0.15) is 0 Å². The number of fused-ring (bicyclic) bond motifs is 1. The summed E-state index contributed by atoms with van der Waals surface area (Å²) in [5, 5.41) is 3.37. The van der Waals surface area contributed by atoms with Gasteiger partial charge in [-0.05, 0) is 42.8 Å². The Morgan fingerprint density at radius 1 is 1.00 bits per heavy atom. The number of hydrogen-bond acceptors (Lipinski definition) is 4. The summed E-state index contributed by atoms with van der Waals surface area (Å²) >= 11 is 6.20. The monoisotopic (exact) mass is 499 g/mol. The van der Waals surface area contributed by atoms with Gasteiger partial charge in [0, 0.05) is 29.2 Å². The number of carbonyl (C=O) groups is 3. The van der Waals surface area contributed by atoms with Crippen molar-refractivity contribution in [2.24, 2.45) is 0 Å². The Morgan fingerprint density at radius 2 is 1.75 bits per heavy atom. The van der Waals surface area contributed by atoms with Gasteiger partial charge < -0.3 is 9.30 Å². The number of imide groups is 2. The molecule has 5 rings (SSSR count). The molecule has 0 aliphatic carbocycles.